The summed E-state index contributed by atoms with van der Waals surface area (Å²) in [6.45, 7) is 8.59. The molecular weight excluding hydrogens is 440 g/mol. The van der Waals surface area contributed by atoms with Crippen LogP contribution >= 0.6 is 0 Å². The second-order valence-electron chi connectivity index (χ2n) is 8.97. The third-order valence-corrected chi connectivity index (χ3v) is 6.47. The van der Waals surface area contributed by atoms with Crippen molar-refractivity contribution in [2.24, 2.45) is 0 Å². The van der Waals surface area contributed by atoms with Gasteiger partial charge in [-0.25, -0.2) is 4.68 Å². The van der Waals surface area contributed by atoms with E-state index in [1.165, 1.54) is 16.7 Å². The number of pyridine rings is 1. The van der Waals surface area contributed by atoms with E-state index in [-0.39, 0.29) is 11.6 Å². The van der Waals surface area contributed by atoms with Gasteiger partial charge in [0.2, 0.25) is 0 Å². The molecule has 1 N–H and O–H groups in total. The van der Waals surface area contributed by atoms with Gasteiger partial charge in [-0.1, -0.05) is 49.7 Å². The maximum absolute atomic E-state index is 13.1. The number of ether oxygens (including phenoxy) is 1. The Morgan fingerprint density at radius 3 is 2.54 bits per heavy atom. The van der Waals surface area contributed by atoms with Crippen LogP contribution in [0, 0.1) is 6.92 Å². The zero-order chi connectivity index (χ0) is 24.8. The molecule has 4 rings (SSSR count). The molecule has 4 aromatic rings. The minimum atomic E-state index is -0.0692. The van der Waals surface area contributed by atoms with Crippen molar-refractivity contribution < 1.29 is 4.74 Å². The molecule has 0 amide bonds. The molecule has 0 aliphatic rings. The highest BCUT2D eigenvalue weighted by molar-refractivity contribution is 5.79. The van der Waals surface area contributed by atoms with E-state index in [0.717, 1.165) is 35.1 Å². The molecule has 1 atom stereocenters. The van der Waals surface area contributed by atoms with E-state index in [0.29, 0.717) is 26.2 Å². The highest BCUT2D eigenvalue weighted by Crippen LogP contribution is 2.27. The number of nitrogens with one attached hydrogen (secondary N) is 1. The number of aromatic nitrogens is 5. The first-order chi connectivity index (χ1) is 17.0. The van der Waals surface area contributed by atoms with Crippen molar-refractivity contribution in [3.63, 3.8) is 0 Å². The maximum atomic E-state index is 13.1. The average molecular weight is 475 g/mol. The second kappa shape index (κ2) is 11.4. The van der Waals surface area contributed by atoms with Gasteiger partial charge in [-0.15, -0.1) is 5.10 Å². The van der Waals surface area contributed by atoms with Gasteiger partial charge >= 0.3 is 0 Å². The minimum absolute atomic E-state index is 0.0653. The number of benzene rings is 2. The number of methoxy groups -OCH3 is 1. The van der Waals surface area contributed by atoms with Gasteiger partial charge < -0.3 is 9.72 Å². The number of tetrazole rings is 1. The zero-order valence-electron chi connectivity index (χ0n) is 21.0. The van der Waals surface area contributed by atoms with Crippen molar-refractivity contribution in [2.75, 3.05) is 13.7 Å². The van der Waals surface area contributed by atoms with E-state index in [9.17, 15) is 4.79 Å². The fourth-order valence-corrected chi connectivity index (χ4v) is 4.45. The highest BCUT2D eigenvalue weighted by Gasteiger charge is 2.26. The van der Waals surface area contributed by atoms with Crippen molar-refractivity contribution in [3.8, 4) is 0 Å². The number of rotatable bonds is 11. The molecule has 8 heteroatoms. The van der Waals surface area contributed by atoms with Crippen molar-refractivity contribution in [1.82, 2.24) is 30.1 Å². The zero-order valence-corrected chi connectivity index (χ0v) is 21.0. The SMILES string of the molecule is CCc1ccc2[nH]c(=O)c(CN(Cc3ccc(C)cc3)[C@@H](CC)c3nnnn3CCOC)cc2c1. The van der Waals surface area contributed by atoms with Gasteiger partial charge in [0.05, 0.1) is 19.2 Å². The van der Waals surface area contributed by atoms with E-state index in [2.05, 4.69) is 82.6 Å². The summed E-state index contributed by atoms with van der Waals surface area (Å²) in [5.41, 5.74) is 5.16. The molecule has 2 heterocycles. The average Bonchev–Trinajstić information content (AvgIpc) is 3.32. The summed E-state index contributed by atoms with van der Waals surface area (Å²) >= 11 is 0. The summed E-state index contributed by atoms with van der Waals surface area (Å²) < 4.78 is 7.05. The molecule has 2 aromatic carbocycles. The molecule has 0 unspecified atom stereocenters. The van der Waals surface area contributed by atoms with E-state index >= 15 is 0 Å². The first-order valence-electron chi connectivity index (χ1n) is 12.2. The summed E-state index contributed by atoms with van der Waals surface area (Å²) in [6, 6.07) is 16.7. The lowest BCUT2D eigenvalue weighted by Crippen LogP contribution is -2.32. The van der Waals surface area contributed by atoms with Crippen LogP contribution in [0.3, 0.4) is 0 Å². The lowest BCUT2D eigenvalue weighted by molar-refractivity contribution is 0.151. The van der Waals surface area contributed by atoms with E-state index < -0.39 is 0 Å². The molecule has 0 aliphatic carbocycles. The predicted molar refractivity (Wildman–Crippen MR) is 137 cm³/mol. The van der Waals surface area contributed by atoms with Crippen LogP contribution in [-0.4, -0.2) is 43.8 Å². The van der Waals surface area contributed by atoms with E-state index in [4.69, 9.17) is 4.74 Å². The van der Waals surface area contributed by atoms with Crippen molar-refractivity contribution in [3.05, 3.63) is 87.0 Å². The minimum Gasteiger partial charge on any atom is -0.383 e. The van der Waals surface area contributed by atoms with Crippen LogP contribution < -0.4 is 5.56 Å². The third-order valence-electron chi connectivity index (χ3n) is 6.47. The van der Waals surface area contributed by atoms with Gasteiger partial charge in [-0.3, -0.25) is 9.69 Å². The molecule has 0 fully saturated rings. The first-order valence-corrected chi connectivity index (χ1v) is 12.2. The summed E-state index contributed by atoms with van der Waals surface area (Å²) in [7, 11) is 1.67. The summed E-state index contributed by atoms with van der Waals surface area (Å²) in [4.78, 5) is 18.4. The van der Waals surface area contributed by atoms with Crippen LogP contribution in [0.4, 0.5) is 0 Å². The Morgan fingerprint density at radius 1 is 1.06 bits per heavy atom. The molecule has 8 nitrogen and oxygen atoms in total. The van der Waals surface area contributed by atoms with Crippen molar-refractivity contribution >= 4 is 10.9 Å². The monoisotopic (exact) mass is 474 g/mol. The van der Waals surface area contributed by atoms with Gasteiger partial charge in [0.1, 0.15) is 0 Å². The van der Waals surface area contributed by atoms with E-state index in [1.807, 2.05) is 12.1 Å². The number of hydrogen-bond acceptors (Lipinski definition) is 6. The Hall–Kier alpha value is -3.36. The Morgan fingerprint density at radius 2 is 1.83 bits per heavy atom. The number of aromatic amines is 1. The smallest absolute Gasteiger partial charge is 0.252 e. The van der Waals surface area contributed by atoms with Crippen LogP contribution in [-0.2, 0) is 30.8 Å². The third kappa shape index (κ3) is 5.83. The summed E-state index contributed by atoms with van der Waals surface area (Å²) in [5, 5.41) is 13.6. The molecule has 2 aromatic heterocycles. The lowest BCUT2D eigenvalue weighted by Gasteiger charge is -2.30. The Balaban J connectivity index is 1.73. The lowest BCUT2D eigenvalue weighted by atomic mass is 10.1. The van der Waals surface area contributed by atoms with E-state index in [1.54, 1.807) is 11.8 Å². The maximum Gasteiger partial charge on any atom is 0.252 e. The Labute approximate surface area is 205 Å². The first kappa shape index (κ1) is 24.8. The molecule has 0 aliphatic heterocycles. The topological polar surface area (TPSA) is 88.9 Å². The Bertz CT molecular complexity index is 1310. The molecular formula is C27H34N6O2. The van der Waals surface area contributed by atoms with Gasteiger partial charge in [-0.05, 0) is 64.9 Å². The number of hydrogen-bond donors (Lipinski definition) is 1. The second-order valence-corrected chi connectivity index (χ2v) is 8.97. The number of nitrogens with zero attached hydrogens (tertiary/aromatic N) is 5. The van der Waals surface area contributed by atoms with Gasteiger partial charge in [-0.2, -0.15) is 0 Å². The molecule has 0 saturated heterocycles. The number of fused-ring (bicyclic) bond motifs is 1. The standard InChI is InChI=1S/C27H34N6O2/c1-5-20-11-12-24-22(15-20)16-23(27(34)28-24)18-32(17-21-9-7-19(3)8-10-21)25(6-2)26-29-30-31-33(26)13-14-35-4/h7-12,15-16,25H,5-6,13-14,17-18H2,1-4H3,(H,28,34)/t25-/m0/s1. The fourth-order valence-electron chi connectivity index (χ4n) is 4.45. The van der Waals surface area contributed by atoms with Crippen LogP contribution in [0.25, 0.3) is 10.9 Å². The summed E-state index contributed by atoms with van der Waals surface area (Å²) in [5.74, 6) is 0.780. The van der Waals surface area contributed by atoms with Gasteiger partial charge in [0.15, 0.2) is 5.82 Å². The molecule has 0 spiro atoms. The van der Waals surface area contributed by atoms with Crippen LogP contribution in [0.2, 0.25) is 0 Å². The largest absolute Gasteiger partial charge is 0.383 e. The Kier molecular flexibility index (Phi) is 8.05. The fraction of sp³-hybridized carbons (Fsp3) is 0.407. The predicted octanol–water partition coefficient (Wildman–Crippen LogP) is 4.19. The van der Waals surface area contributed by atoms with Crippen LogP contribution in [0.1, 0.15) is 54.4 Å². The molecule has 0 radical (unpaired) electrons. The van der Waals surface area contributed by atoms with Gasteiger partial charge in [0.25, 0.3) is 5.56 Å². The quantitative estimate of drug-likeness (QED) is 0.351. The summed E-state index contributed by atoms with van der Waals surface area (Å²) in [6.07, 6.45) is 1.75. The normalized spacial score (nSPS) is 12.5. The molecule has 0 saturated carbocycles. The van der Waals surface area contributed by atoms with Crippen molar-refractivity contribution in [1.29, 1.82) is 0 Å². The van der Waals surface area contributed by atoms with Crippen LogP contribution in [0.15, 0.2) is 53.3 Å². The van der Waals surface area contributed by atoms with Gasteiger partial charge in [0, 0.05) is 31.3 Å². The number of aryl methyl sites for hydroxylation is 2. The highest BCUT2D eigenvalue weighted by atomic mass is 16.5. The molecule has 0 bridgehead atoms. The van der Waals surface area contributed by atoms with Crippen molar-refractivity contribution in [2.45, 2.75) is 59.3 Å². The van der Waals surface area contributed by atoms with Crippen LogP contribution in [0.5, 0.6) is 0 Å². The molecule has 184 valence electrons. The number of H-pyrrole nitrogens is 1. The molecule has 35 heavy (non-hydrogen) atoms.